The molecule has 3 aromatic carbocycles. The number of nitrogens with one attached hydrogen (secondary N) is 1. The van der Waals surface area contributed by atoms with E-state index in [1.54, 1.807) is 12.1 Å². The Bertz CT molecular complexity index is 1100. The molecule has 0 spiro atoms. The van der Waals surface area contributed by atoms with E-state index in [0.29, 0.717) is 16.7 Å². The number of oxazole rings is 1. The SMILES string of the molecule is O=C(CSc1nc(-c2ccccc2)c(-c2ccccc2)o1)CC(=O)Nc1ccccc1. The summed E-state index contributed by atoms with van der Waals surface area (Å²) in [4.78, 5) is 29.0. The molecule has 0 bridgehead atoms. The first-order chi connectivity index (χ1) is 15.2. The number of hydrogen-bond acceptors (Lipinski definition) is 5. The summed E-state index contributed by atoms with van der Waals surface area (Å²) < 4.78 is 6.01. The highest BCUT2D eigenvalue weighted by molar-refractivity contribution is 7.99. The maximum absolute atomic E-state index is 12.3. The van der Waals surface area contributed by atoms with Crippen molar-refractivity contribution in [3.63, 3.8) is 0 Å². The zero-order valence-corrected chi connectivity index (χ0v) is 17.5. The summed E-state index contributed by atoms with van der Waals surface area (Å²) in [6.45, 7) is 0. The van der Waals surface area contributed by atoms with E-state index in [4.69, 9.17) is 4.42 Å². The molecule has 154 valence electrons. The Morgan fingerprint density at radius 3 is 2.03 bits per heavy atom. The number of Topliss-reactive ketones (excluding diaryl/α,β-unsaturated/α-hetero) is 1. The van der Waals surface area contributed by atoms with E-state index < -0.39 is 0 Å². The number of carbonyl (C=O) groups is 2. The Morgan fingerprint density at radius 1 is 0.806 bits per heavy atom. The molecule has 1 aromatic heterocycles. The smallest absolute Gasteiger partial charge is 0.257 e. The average molecular weight is 429 g/mol. The van der Waals surface area contributed by atoms with E-state index in [1.165, 1.54) is 11.8 Å². The van der Waals surface area contributed by atoms with Crippen molar-refractivity contribution in [1.82, 2.24) is 4.98 Å². The summed E-state index contributed by atoms with van der Waals surface area (Å²) in [5.41, 5.74) is 3.24. The maximum Gasteiger partial charge on any atom is 0.257 e. The minimum atomic E-state index is -0.334. The van der Waals surface area contributed by atoms with Gasteiger partial charge in [0.2, 0.25) is 5.91 Å². The Morgan fingerprint density at radius 2 is 1.39 bits per heavy atom. The predicted molar refractivity (Wildman–Crippen MR) is 123 cm³/mol. The first kappa shape index (κ1) is 20.6. The third-order valence-corrected chi connectivity index (χ3v) is 5.35. The third-order valence-electron chi connectivity index (χ3n) is 4.46. The number of rotatable bonds is 8. The van der Waals surface area contributed by atoms with Crippen LogP contribution in [-0.2, 0) is 9.59 Å². The quantitative estimate of drug-likeness (QED) is 0.288. The molecule has 0 fully saturated rings. The normalized spacial score (nSPS) is 10.6. The molecule has 4 rings (SSSR count). The van der Waals surface area contributed by atoms with Gasteiger partial charge in [0, 0.05) is 16.8 Å². The highest BCUT2D eigenvalue weighted by Gasteiger charge is 2.18. The van der Waals surface area contributed by atoms with Gasteiger partial charge in [-0.1, -0.05) is 90.6 Å². The number of para-hydroxylation sites is 1. The molecular formula is C25H20N2O3S. The number of thioether (sulfide) groups is 1. The minimum Gasteiger partial charge on any atom is -0.431 e. The number of carbonyl (C=O) groups excluding carboxylic acids is 2. The zero-order valence-electron chi connectivity index (χ0n) is 16.7. The molecule has 0 radical (unpaired) electrons. The summed E-state index contributed by atoms with van der Waals surface area (Å²) in [6, 6.07) is 28.6. The van der Waals surface area contributed by atoms with Crippen LogP contribution in [0.2, 0.25) is 0 Å². The Hall–Kier alpha value is -3.64. The van der Waals surface area contributed by atoms with Crippen LogP contribution >= 0.6 is 11.8 Å². The fourth-order valence-corrected chi connectivity index (χ4v) is 3.72. The van der Waals surface area contributed by atoms with Crippen LogP contribution in [0, 0.1) is 0 Å². The van der Waals surface area contributed by atoms with E-state index in [0.717, 1.165) is 16.8 Å². The lowest BCUT2D eigenvalue weighted by Gasteiger charge is -2.03. The molecule has 5 nitrogen and oxygen atoms in total. The second-order valence-corrected chi connectivity index (χ2v) is 7.73. The average Bonchev–Trinajstić information content (AvgIpc) is 3.24. The third kappa shape index (κ3) is 5.49. The van der Waals surface area contributed by atoms with Gasteiger partial charge in [0.05, 0.1) is 12.2 Å². The Kier molecular flexibility index (Phi) is 6.59. The van der Waals surface area contributed by atoms with Crippen LogP contribution in [0.15, 0.2) is 101 Å². The van der Waals surface area contributed by atoms with Gasteiger partial charge in [-0.2, -0.15) is 0 Å². The van der Waals surface area contributed by atoms with Gasteiger partial charge in [-0.05, 0) is 12.1 Å². The Balaban J connectivity index is 1.44. The van der Waals surface area contributed by atoms with Gasteiger partial charge < -0.3 is 9.73 Å². The molecule has 0 saturated carbocycles. The van der Waals surface area contributed by atoms with Crippen molar-refractivity contribution in [1.29, 1.82) is 0 Å². The first-order valence-corrected chi connectivity index (χ1v) is 10.8. The number of nitrogens with zero attached hydrogens (tertiary/aromatic N) is 1. The van der Waals surface area contributed by atoms with Crippen LogP contribution in [0.1, 0.15) is 6.42 Å². The molecule has 6 heteroatoms. The monoisotopic (exact) mass is 428 g/mol. The summed E-state index contributed by atoms with van der Waals surface area (Å²) in [6.07, 6.45) is -0.195. The van der Waals surface area contributed by atoms with Gasteiger partial charge >= 0.3 is 0 Å². The number of aromatic nitrogens is 1. The topological polar surface area (TPSA) is 72.2 Å². The number of ketones is 1. The van der Waals surface area contributed by atoms with Crippen molar-refractivity contribution in [2.45, 2.75) is 11.6 Å². The molecule has 0 saturated heterocycles. The number of anilines is 1. The molecule has 4 aromatic rings. The van der Waals surface area contributed by atoms with Crippen LogP contribution in [-0.4, -0.2) is 22.4 Å². The van der Waals surface area contributed by atoms with Gasteiger partial charge in [-0.3, -0.25) is 9.59 Å². The van der Waals surface area contributed by atoms with Crippen molar-refractivity contribution in [2.75, 3.05) is 11.1 Å². The molecular weight excluding hydrogens is 408 g/mol. The molecule has 0 unspecified atom stereocenters. The Labute approximate surface area is 184 Å². The van der Waals surface area contributed by atoms with Gasteiger partial charge in [0.1, 0.15) is 5.69 Å². The van der Waals surface area contributed by atoms with Crippen molar-refractivity contribution in [2.24, 2.45) is 0 Å². The molecule has 0 aliphatic carbocycles. The van der Waals surface area contributed by atoms with Crippen LogP contribution in [0.25, 0.3) is 22.6 Å². The van der Waals surface area contributed by atoms with Crippen LogP contribution in [0.5, 0.6) is 0 Å². The fourth-order valence-electron chi connectivity index (χ4n) is 3.04. The van der Waals surface area contributed by atoms with Gasteiger partial charge in [-0.15, -0.1) is 0 Å². The summed E-state index contributed by atoms with van der Waals surface area (Å²) in [5, 5.41) is 3.12. The van der Waals surface area contributed by atoms with Crippen LogP contribution < -0.4 is 5.32 Å². The van der Waals surface area contributed by atoms with Crippen molar-refractivity contribution < 1.29 is 14.0 Å². The molecule has 31 heavy (non-hydrogen) atoms. The molecule has 0 aliphatic rings. The molecule has 1 amide bonds. The van der Waals surface area contributed by atoms with Crippen molar-refractivity contribution in [3.05, 3.63) is 91.0 Å². The van der Waals surface area contributed by atoms with Gasteiger partial charge in [0.25, 0.3) is 5.22 Å². The van der Waals surface area contributed by atoms with E-state index in [9.17, 15) is 9.59 Å². The molecule has 1 heterocycles. The second-order valence-electron chi connectivity index (χ2n) is 6.81. The predicted octanol–water partition coefficient (Wildman–Crippen LogP) is 5.70. The maximum atomic E-state index is 12.3. The van der Waals surface area contributed by atoms with E-state index in [2.05, 4.69) is 10.3 Å². The van der Waals surface area contributed by atoms with Crippen molar-refractivity contribution in [3.8, 4) is 22.6 Å². The minimum absolute atomic E-state index is 0.102. The molecule has 1 N–H and O–H groups in total. The van der Waals surface area contributed by atoms with E-state index >= 15 is 0 Å². The lowest BCUT2D eigenvalue weighted by Crippen LogP contribution is -2.17. The molecule has 0 aliphatic heterocycles. The summed E-state index contributed by atoms with van der Waals surface area (Å²) in [5.74, 6) is 0.229. The van der Waals surface area contributed by atoms with Crippen LogP contribution in [0.4, 0.5) is 5.69 Å². The largest absolute Gasteiger partial charge is 0.431 e. The summed E-state index contributed by atoms with van der Waals surface area (Å²) >= 11 is 1.19. The van der Waals surface area contributed by atoms with Gasteiger partial charge in [-0.25, -0.2) is 4.98 Å². The van der Waals surface area contributed by atoms with Crippen LogP contribution in [0.3, 0.4) is 0 Å². The first-order valence-electron chi connectivity index (χ1n) is 9.80. The lowest BCUT2D eigenvalue weighted by molar-refractivity contribution is -0.123. The molecule has 0 atom stereocenters. The highest BCUT2D eigenvalue weighted by atomic mass is 32.2. The second kappa shape index (κ2) is 9.91. The highest BCUT2D eigenvalue weighted by Crippen LogP contribution is 2.35. The summed E-state index contributed by atoms with van der Waals surface area (Å²) in [7, 11) is 0. The van der Waals surface area contributed by atoms with E-state index in [1.807, 2.05) is 78.9 Å². The number of amides is 1. The van der Waals surface area contributed by atoms with Gasteiger partial charge in [0.15, 0.2) is 11.5 Å². The number of hydrogen-bond donors (Lipinski definition) is 1. The fraction of sp³-hybridized carbons (Fsp3) is 0.0800. The van der Waals surface area contributed by atoms with E-state index in [-0.39, 0.29) is 23.9 Å². The zero-order chi connectivity index (χ0) is 21.5. The number of benzene rings is 3. The standard InChI is InChI=1S/C25H20N2O3S/c28-21(16-22(29)26-20-14-8-3-9-15-20)17-31-25-27-23(18-10-4-1-5-11-18)24(30-25)19-12-6-2-7-13-19/h1-15H,16-17H2,(H,26,29). The van der Waals surface area contributed by atoms with Crippen molar-refractivity contribution >= 4 is 29.1 Å². The lowest BCUT2D eigenvalue weighted by atomic mass is 10.1.